The molecule has 3 aliphatic rings. The Labute approximate surface area is 476 Å². The molecule has 0 spiro atoms. The van der Waals surface area contributed by atoms with E-state index in [1.807, 2.05) is 38.7 Å². The van der Waals surface area contributed by atoms with Gasteiger partial charge in [0, 0.05) is 73.4 Å². The second kappa shape index (κ2) is 31.3. The zero-order valence-corrected chi connectivity index (χ0v) is 49.6. The molecule has 0 bridgehead atoms. The number of alkyl carbamates (subject to hydrolysis) is 1. The number of benzene rings is 2. The fourth-order valence-electron chi connectivity index (χ4n) is 9.79. The van der Waals surface area contributed by atoms with Crippen LogP contribution in [0.2, 0.25) is 0 Å². The first-order chi connectivity index (χ1) is 38.0. The third-order valence-corrected chi connectivity index (χ3v) is 17.4. The summed E-state index contributed by atoms with van der Waals surface area (Å²) < 4.78 is 151. The van der Waals surface area contributed by atoms with E-state index in [9.17, 15) is 66.6 Å². The summed E-state index contributed by atoms with van der Waals surface area (Å²) in [6.45, 7) is 9.80. The molecule has 3 aliphatic heterocycles. The number of aliphatic hydroxyl groups excluding tert-OH is 3. The van der Waals surface area contributed by atoms with E-state index in [-0.39, 0.29) is 80.5 Å². The first-order valence-corrected chi connectivity index (χ1v) is 33.0. The largest absolute Gasteiger partial charge is 0.441 e. The van der Waals surface area contributed by atoms with Crippen LogP contribution in [-0.2, 0) is 70.3 Å². The normalized spacial score (nSPS) is 20.6. The minimum atomic E-state index is -4.63. The third-order valence-electron chi connectivity index (χ3n) is 14.0. The highest BCUT2D eigenvalue weighted by atomic mass is 32.2. The lowest BCUT2D eigenvalue weighted by molar-refractivity contribution is -0.438. The first-order valence-electron chi connectivity index (χ1n) is 26.9. The van der Waals surface area contributed by atoms with Gasteiger partial charge in [-0.25, -0.2) is 4.79 Å². The summed E-state index contributed by atoms with van der Waals surface area (Å²) in [6.07, 6.45) is 12.3. The Morgan fingerprint density at radius 2 is 1.43 bits per heavy atom. The van der Waals surface area contributed by atoms with Gasteiger partial charge < -0.3 is 45.1 Å². The molecule has 24 nitrogen and oxygen atoms in total. The van der Waals surface area contributed by atoms with Gasteiger partial charge in [-0.1, -0.05) is 38.0 Å². The lowest BCUT2D eigenvalue weighted by Crippen LogP contribution is -2.46. The smallest absolute Gasteiger partial charge is 0.407 e. The number of anilines is 1. The van der Waals surface area contributed by atoms with Crippen LogP contribution < -0.4 is 15.5 Å². The summed E-state index contributed by atoms with van der Waals surface area (Å²) in [7, 11) is -17.6. The number of amides is 2. The van der Waals surface area contributed by atoms with Crippen LogP contribution >= 0.6 is 0 Å². The monoisotopic (exact) mass is 1220 g/mol. The van der Waals surface area contributed by atoms with Crippen molar-refractivity contribution < 1.29 is 95.6 Å². The molecule has 5 rings (SSSR count). The van der Waals surface area contributed by atoms with E-state index in [4.69, 9.17) is 24.4 Å². The van der Waals surface area contributed by atoms with Crippen LogP contribution in [0, 0.1) is 0 Å². The number of hydrogen-bond donors (Lipinski definition) is 9. The SMILES string of the molecule is CC1(C)C(/C=C/C=C/C=C2\N(CCCCS(=O)(=O)O)c3ccc(S(=O)(=O)O)cc3C2(C)CCCCS(=O)(=O)O)=[N+](CCCCCC(=O)NCCOCCO)c2ccc(S(=O)(=O)O)cc21.CCCCNC(=O)OC1COC(CO)CC1O. The zero-order valence-electron chi connectivity index (χ0n) is 46.3. The summed E-state index contributed by atoms with van der Waals surface area (Å²) in [4.78, 5) is 24.9. The van der Waals surface area contributed by atoms with Crippen molar-refractivity contribution in [3.63, 3.8) is 0 Å². The van der Waals surface area contributed by atoms with Crippen molar-refractivity contribution in [2.45, 2.75) is 144 Å². The molecule has 1 saturated heterocycles. The highest BCUT2D eigenvalue weighted by Gasteiger charge is 2.46. The highest BCUT2D eigenvalue weighted by Crippen LogP contribution is 2.51. The van der Waals surface area contributed by atoms with Crippen LogP contribution in [0.15, 0.2) is 82.3 Å². The van der Waals surface area contributed by atoms with Crippen LogP contribution in [0.4, 0.5) is 16.2 Å². The molecule has 2 aromatic carbocycles. The second-order valence-corrected chi connectivity index (χ2v) is 26.6. The highest BCUT2D eigenvalue weighted by molar-refractivity contribution is 7.86. The molecule has 4 atom stereocenters. The Morgan fingerprint density at radius 3 is 2.05 bits per heavy atom. The molecule has 9 N–H and O–H groups in total. The minimum absolute atomic E-state index is 0.0961. The average Bonchev–Trinajstić information content (AvgIpc) is 3.75. The fourth-order valence-corrected chi connectivity index (χ4v) is 11.9. The standard InChI is InChI=1S/C42H59N3O15S4.C11H21NO5/c1-41(2)34-30-32(63(54,55)56)17-19-36(34)44(23-10-5-8-16-40(47)43-22-26-60-27-25-46)38(41)14-6-4-7-15-39-42(3,21-9-12-28-61(48,49)50)35-31-33(64(57,58)59)18-20-37(35)45(39)24-11-13-29-62(51,52)53;1-2-3-4-12-11(15)17-10-7-16-8(6-13)5-9(10)14/h4,6-7,14-15,17-20,30-31,46H,5,8-13,16,21-29H2,1-3H3,(H4-,43,47,48,49,50,51,52,53,54,55,56,57,58,59);8-10,13-14H,2-7H2,1H3,(H,12,15)/p+1. The van der Waals surface area contributed by atoms with E-state index in [0.29, 0.717) is 87.3 Å². The van der Waals surface area contributed by atoms with Crippen molar-refractivity contribution in [1.29, 1.82) is 0 Å². The van der Waals surface area contributed by atoms with Gasteiger partial charge in [-0.3, -0.25) is 23.0 Å². The van der Waals surface area contributed by atoms with Crippen molar-refractivity contribution in [2.24, 2.45) is 0 Å². The molecule has 0 aromatic heterocycles. The summed E-state index contributed by atoms with van der Waals surface area (Å²) >= 11 is 0. The maximum absolute atomic E-state index is 12.3. The van der Waals surface area contributed by atoms with Crippen molar-refractivity contribution in [3.05, 3.63) is 83.6 Å². The molecule has 456 valence electrons. The second-order valence-electron chi connectivity index (χ2n) is 20.6. The number of nitrogens with one attached hydrogen (secondary N) is 2. The summed E-state index contributed by atoms with van der Waals surface area (Å²) in [5, 5.41) is 32.8. The Kier molecular flexibility index (Phi) is 26.6. The van der Waals surface area contributed by atoms with Gasteiger partial charge in [0.2, 0.25) is 11.6 Å². The predicted octanol–water partition coefficient (Wildman–Crippen LogP) is 4.77. The number of hydrogen-bond acceptors (Lipinski definition) is 17. The number of ether oxygens (including phenoxy) is 3. The molecule has 3 heterocycles. The number of rotatable bonds is 31. The molecule has 2 aromatic rings. The van der Waals surface area contributed by atoms with Crippen LogP contribution in [-0.4, -0.2) is 179 Å². The molecular weight excluding hydrogens is 1140 g/mol. The van der Waals surface area contributed by atoms with Crippen molar-refractivity contribution in [1.82, 2.24) is 10.6 Å². The van der Waals surface area contributed by atoms with Gasteiger partial charge in [0.05, 0.1) is 72.0 Å². The fraction of sp³-hybridized carbons (Fsp3) is 0.604. The molecule has 4 unspecified atom stereocenters. The van der Waals surface area contributed by atoms with E-state index in [2.05, 4.69) is 15.2 Å². The van der Waals surface area contributed by atoms with Gasteiger partial charge in [0.25, 0.3) is 40.5 Å². The average molecular weight is 1220 g/mol. The number of fused-ring (bicyclic) bond motifs is 2. The molecule has 1 fully saturated rings. The molecule has 28 heteroatoms. The summed E-state index contributed by atoms with van der Waals surface area (Å²) in [5.74, 6) is -1.07. The Balaban J connectivity index is 0.000000707. The van der Waals surface area contributed by atoms with Crippen molar-refractivity contribution >= 4 is 69.6 Å². The van der Waals surface area contributed by atoms with Gasteiger partial charge >= 0.3 is 6.09 Å². The van der Waals surface area contributed by atoms with Crippen LogP contribution in [0.3, 0.4) is 0 Å². The minimum Gasteiger partial charge on any atom is -0.441 e. The quantitative estimate of drug-likeness (QED) is 0.0212. The molecular formula is C53H81N4O20S4+. The lowest BCUT2D eigenvalue weighted by Gasteiger charge is -2.31. The number of nitrogens with zero attached hydrogens (tertiary/aromatic N) is 2. The molecule has 81 heavy (non-hydrogen) atoms. The zero-order chi connectivity index (χ0) is 60.2. The Hall–Kier alpha value is -4.69. The number of carbonyl (C=O) groups excluding carboxylic acids is 2. The van der Waals surface area contributed by atoms with Crippen LogP contribution in [0.5, 0.6) is 0 Å². The van der Waals surface area contributed by atoms with E-state index < -0.39 is 81.1 Å². The molecule has 0 radical (unpaired) electrons. The van der Waals surface area contributed by atoms with Gasteiger partial charge in [-0.05, 0) is 108 Å². The third kappa shape index (κ3) is 21.5. The first kappa shape index (κ1) is 68.8. The molecule has 2 amide bonds. The lowest BCUT2D eigenvalue weighted by atomic mass is 9.77. The number of unbranched alkanes of at least 4 members (excludes halogenated alkanes) is 5. The summed E-state index contributed by atoms with van der Waals surface area (Å²) in [5.41, 5.74) is 2.32. The van der Waals surface area contributed by atoms with E-state index in [0.717, 1.165) is 24.2 Å². The topological polar surface area (TPSA) is 370 Å². The maximum Gasteiger partial charge on any atom is 0.407 e. The van der Waals surface area contributed by atoms with Gasteiger partial charge in [0.15, 0.2) is 11.8 Å². The molecule has 0 aliphatic carbocycles. The van der Waals surface area contributed by atoms with Gasteiger partial charge in [0.1, 0.15) is 6.54 Å². The van der Waals surface area contributed by atoms with Crippen molar-refractivity contribution in [3.8, 4) is 0 Å². The van der Waals surface area contributed by atoms with Gasteiger partial charge in [-0.15, -0.1) is 0 Å². The van der Waals surface area contributed by atoms with Crippen molar-refractivity contribution in [2.75, 3.05) is 75.6 Å². The number of aliphatic hydroxyl groups is 3. The Morgan fingerprint density at radius 1 is 0.778 bits per heavy atom. The number of allylic oxidation sites excluding steroid dienone is 6. The number of carbonyl (C=O) groups is 2. The van der Waals surface area contributed by atoms with E-state index >= 15 is 0 Å². The maximum atomic E-state index is 12.3. The Bertz CT molecular complexity index is 3040. The predicted molar refractivity (Wildman–Crippen MR) is 302 cm³/mol. The van der Waals surface area contributed by atoms with E-state index in [1.165, 1.54) is 30.3 Å². The van der Waals surface area contributed by atoms with E-state index in [1.54, 1.807) is 30.4 Å². The van der Waals surface area contributed by atoms with Crippen LogP contribution in [0.25, 0.3) is 0 Å². The summed E-state index contributed by atoms with van der Waals surface area (Å²) in [6, 6.07) is 8.60. The van der Waals surface area contributed by atoms with Crippen LogP contribution in [0.1, 0.15) is 116 Å². The van der Waals surface area contributed by atoms with Gasteiger partial charge in [-0.2, -0.15) is 38.2 Å². The molecule has 0 saturated carbocycles.